The van der Waals surface area contributed by atoms with E-state index >= 15 is 0 Å². The number of nitrogens with zero attached hydrogens (tertiary/aromatic N) is 12. The predicted molar refractivity (Wildman–Crippen MR) is 433 cm³/mol. The summed E-state index contributed by atoms with van der Waals surface area (Å²) in [6, 6.07) is 123. The van der Waals surface area contributed by atoms with E-state index in [0.717, 1.165) is 134 Å². The summed E-state index contributed by atoms with van der Waals surface area (Å²) in [7, 11) is 0. The Morgan fingerprint density at radius 2 is 0.296 bits per heavy atom. The minimum absolute atomic E-state index is 0.606. The Morgan fingerprint density at radius 3 is 0.583 bits per heavy atom. The molecule has 0 unspecified atom stereocenters. The second kappa shape index (κ2) is 31.0. The van der Waals surface area contributed by atoms with Crippen molar-refractivity contribution in [2.24, 2.45) is 0 Å². The van der Waals surface area contributed by atoms with Crippen molar-refractivity contribution in [1.82, 2.24) is 59.8 Å². The van der Waals surface area contributed by atoms with Gasteiger partial charge < -0.3 is 0 Å². The second-order valence-electron chi connectivity index (χ2n) is 25.7. The Bertz CT molecular complexity index is 6010. The smallest absolute Gasteiger partial charge is 0.164 e. The van der Waals surface area contributed by atoms with Gasteiger partial charge in [-0.05, 0) is 105 Å². The molecule has 508 valence electrons. The van der Waals surface area contributed by atoms with Crippen molar-refractivity contribution in [3.63, 3.8) is 0 Å². The SMILES string of the molecule is c1ccc(-c2cc(-c3ccc(-c4cccc(-c5nc(-c6ccccc6)nc(-c6cccc(-c7ccncc7)c6)n5)c4)cc3)nc(-c3ccccc3)n2)cc1.c1ccc(-c2nc(-c3ccc(-c4cccc(-c5nc(-c6ccccc6)nc(-c6ccccc6)n5)c4)cc3)cc(-c3cccc(-c4ccncc4)c3)n2)cc1. The lowest BCUT2D eigenvalue weighted by atomic mass is 9.99. The molecule has 108 heavy (non-hydrogen) atoms. The van der Waals surface area contributed by atoms with Crippen molar-refractivity contribution in [2.45, 2.75) is 0 Å². The summed E-state index contributed by atoms with van der Waals surface area (Å²) in [6.07, 6.45) is 7.23. The summed E-state index contributed by atoms with van der Waals surface area (Å²) in [5, 5.41) is 0. The Balaban J connectivity index is 0.000000158. The number of hydrogen-bond acceptors (Lipinski definition) is 12. The number of pyridine rings is 2. The van der Waals surface area contributed by atoms with Gasteiger partial charge in [0.2, 0.25) is 0 Å². The lowest BCUT2D eigenvalue weighted by Gasteiger charge is -2.11. The van der Waals surface area contributed by atoms with E-state index in [1.165, 1.54) is 0 Å². The van der Waals surface area contributed by atoms with Crippen molar-refractivity contribution in [3.05, 3.63) is 389 Å². The molecule has 0 fully saturated rings. The highest BCUT2D eigenvalue weighted by molar-refractivity contribution is 5.81. The molecule has 0 saturated carbocycles. The van der Waals surface area contributed by atoms with E-state index in [-0.39, 0.29) is 0 Å². The Kier molecular flexibility index (Phi) is 19.0. The van der Waals surface area contributed by atoms with Gasteiger partial charge in [-0.1, -0.05) is 303 Å². The zero-order valence-electron chi connectivity index (χ0n) is 58.3. The molecule has 0 aliphatic heterocycles. The highest BCUT2D eigenvalue weighted by atomic mass is 15.0. The van der Waals surface area contributed by atoms with Gasteiger partial charge in [0.05, 0.1) is 22.8 Å². The summed E-state index contributed by atoms with van der Waals surface area (Å²) in [4.78, 5) is 58.1. The number of aromatic nitrogens is 12. The van der Waals surface area contributed by atoms with E-state index in [9.17, 15) is 0 Å². The molecule has 0 amide bonds. The lowest BCUT2D eigenvalue weighted by Crippen LogP contribution is -2.00. The summed E-state index contributed by atoms with van der Waals surface area (Å²) in [5.74, 6) is 5.10. The van der Waals surface area contributed by atoms with Crippen LogP contribution in [0.4, 0.5) is 0 Å². The van der Waals surface area contributed by atoms with Crippen LogP contribution >= 0.6 is 0 Å². The van der Waals surface area contributed by atoms with Crippen molar-refractivity contribution in [3.8, 4) is 181 Å². The zero-order chi connectivity index (χ0) is 72.2. The molecule has 12 aromatic carbocycles. The first-order valence-corrected chi connectivity index (χ1v) is 35.5. The largest absolute Gasteiger partial charge is 0.265 e. The summed E-state index contributed by atoms with van der Waals surface area (Å²) >= 11 is 0. The molecule has 0 spiro atoms. The number of rotatable bonds is 16. The van der Waals surface area contributed by atoms with E-state index in [1.54, 1.807) is 12.4 Å². The minimum atomic E-state index is 0.606. The third kappa shape index (κ3) is 15.1. The molecule has 6 heterocycles. The van der Waals surface area contributed by atoms with Gasteiger partial charge in [0.15, 0.2) is 46.6 Å². The lowest BCUT2D eigenvalue weighted by molar-refractivity contribution is 1.07. The molecule has 12 heteroatoms. The fourth-order valence-corrected chi connectivity index (χ4v) is 12.9. The molecule has 0 bridgehead atoms. The van der Waals surface area contributed by atoms with Crippen LogP contribution in [0.5, 0.6) is 0 Å². The minimum Gasteiger partial charge on any atom is -0.265 e. The first-order chi connectivity index (χ1) is 53.5. The Hall–Kier alpha value is -14.9. The maximum atomic E-state index is 5.06. The number of benzene rings is 12. The highest BCUT2D eigenvalue weighted by Crippen LogP contribution is 2.37. The van der Waals surface area contributed by atoms with E-state index in [2.05, 4.69) is 162 Å². The number of hydrogen-bond donors (Lipinski definition) is 0. The summed E-state index contributed by atoms with van der Waals surface area (Å²) < 4.78 is 0. The van der Waals surface area contributed by atoms with Crippen molar-refractivity contribution in [2.75, 3.05) is 0 Å². The molecule has 12 nitrogen and oxygen atoms in total. The van der Waals surface area contributed by atoms with Crippen LogP contribution in [0.3, 0.4) is 0 Å². The molecule has 0 saturated heterocycles. The Morgan fingerprint density at radius 1 is 0.111 bits per heavy atom. The van der Waals surface area contributed by atoms with Crippen LogP contribution in [0, 0.1) is 0 Å². The van der Waals surface area contributed by atoms with Gasteiger partial charge in [-0.25, -0.2) is 49.8 Å². The van der Waals surface area contributed by atoms with Gasteiger partial charge >= 0.3 is 0 Å². The predicted octanol–water partition coefficient (Wildman–Crippen LogP) is 22.8. The molecule has 18 rings (SSSR count). The van der Waals surface area contributed by atoms with Gasteiger partial charge in [-0.2, -0.15) is 0 Å². The van der Waals surface area contributed by atoms with Crippen molar-refractivity contribution >= 4 is 0 Å². The van der Waals surface area contributed by atoms with E-state index in [1.807, 2.05) is 225 Å². The zero-order valence-corrected chi connectivity index (χ0v) is 58.3. The average molecular weight is 1390 g/mol. The standard InChI is InChI=1S/2C48H32N6/c1-4-12-36(13-5-1)45-50-43(32-44(51-45)41-20-10-18-39(30-41)34-26-28-49-29-27-34)35-24-22-33(23-25-35)40-19-11-21-42(31-40)48-53-46(37-14-6-2-7-15-37)52-47(54-48)38-16-8-3-9-17-38;1-4-12-35(13-5-1)43-32-44(51-45(50-43)37-14-6-2-7-15-37)36-24-22-33(23-25-36)39-18-10-20-41(30-39)47-52-46(38-16-8-3-9-17-38)53-48(54-47)42-21-11-19-40(31-42)34-26-28-49-29-27-34/h2*1-32H. The molecule has 0 N–H and O–H groups in total. The second-order valence-corrected chi connectivity index (χ2v) is 25.7. The van der Waals surface area contributed by atoms with Gasteiger partial charge in [0.1, 0.15) is 0 Å². The summed E-state index contributed by atoms with van der Waals surface area (Å²) in [5.41, 5.74) is 23.6. The third-order valence-electron chi connectivity index (χ3n) is 18.5. The van der Waals surface area contributed by atoms with Crippen LogP contribution in [-0.4, -0.2) is 59.8 Å². The summed E-state index contributed by atoms with van der Waals surface area (Å²) in [6.45, 7) is 0. The van der Waals surface area contributed by atoms with E-state index < -0.39 is 0 Å². The monoisotopic (exact) mass is 1380 g/mol. The van der Waals surface area contributed by atoms with Crippen LogP contribution < -0.4 is 0 Å². The van der Waals surface area contributed by atoms with Crippen LogP contribution in [0.1, 0.15) is 0 Å². The third-order valence-corrected chi connectivity index (χ3v) is 18.5. The quantitative estimate of drug-likeness (QED) is 0.0904. The van der Waals surface area contributed by atoms with Gasteiger partial charge in [0, 0.05) is 91.5 Å². The molecule has 0 radical (unpaired) electrons. The fraction of sp³-hybridized carbons (Fsp3) is 0. The molecule has 6 aromatic heterocycles. The maximum absolute atomic E-state index is 5.06. The van der Waals surface area contributed by atoms with Gasteiger partial charge in [-0.3, -0.25) is 9.97 Å². The van der Waals surface area contributed by atoms with E-state index in [4.69, 9.17) is 49.8 Å². The molecule has 0 aliphatic carbocycles. The first kappa shape index (κ1) is 66.4. The van der Waals surface area contributed by atoms with Crippen LogP contribution in [0.25, 0.3) is 181 Å². The Labute approximate surface area is 625 Å². The average Bonchev–Trinajstić information content (AvgIpc) is 0.808. The highest BCUT2D eigenvalue weighted by Gasteiger charge is 2.19. The van der Waals surface area contributed by atoms with Crippen molar-refractivity contribution in [1.29, 1.82) is 0 Å². The molecular weight excluding hydrogens is 1320 g/mol. The molecular formula is C96H64N12. The van der Waals surface area contributed by atoms with E-state index in [0.29, 0.717) is 46.6 Å². The fourth-order valence-electron chi connectivity index (χ4n) is 12.9. The molecule has 0 aliphatic rings. The maximum Gasteiger partial charge on any atom is 0.164 e. The molecule has 0 atom stereocenters. The van der Waals surface area contributed by atoms with Crippen LogP contribution in [0.2, 0.25) is 0 Å². The topological polar surface area (TPSA) is 155 Å². The molecule has 18 aromatic rings. The normalized spacial score (nSPS) is 11.0. The first-order valence-electron chi connectivity index (χ1n) is 35.5. The van der Waals surface area contributed by atoms with Crippen LogP contribution in [-0.2, 0) is 0 Å². The van der Waals surface area contributed by atoms with Gasteiger partial charge in [-0.15, -0.1) is 0 Å². The van der Waals surface area contributed by atoms with Crippen LogP contribution in [0.15, 0.2) is 389 Å². The van der Waals surface area contributed by atoms with Gasteiger partial charge in [0.25, 0.3) is 0 Å². The van der Waals surface area contributed by atoms with Crippen molar-refractivity contribution < 1.29 is 0 Å².